The number of benzene rings is 2. The maximum atomic E-state index is 13.4. The lowest BCUT2D eigenvalue weighted by Gasteiger charge is -2.47. The molecule has 7 nitrogen and oxygen atoms in total. The minimum atomic E-state index is -3.85. The van der Waals surface area contributed by atoms with E-state index < -0.39 is 21.2 Å². The molecule has 6 rings (SSSR count). The van der Waals surface area contributed by atoms with Crippen LogP contribution in [0.15, 0.2) is 36.4 Å². The van der Waals surface area contributed by atoms with Crippen LogP contribution in [0.2, 0.25) is 5.02 Å². The van der Waals surface area contributed by atoms with Crippen molar-refractivity contribution in [1.29, 1.82) is 0 Å². The van der Waals surface area contributed by atoms with E-state index in [0.29, 0.717) is 29.9 Å². The Morgan fingerprint density at radius 2 is 1.93 bits per heavy atom. The van der Waals surface area contributed by atoms with Gasteiger partial charge in [0, 0.05) is 42.8 Å². The van der Waals surface area contributed by atoms with Gasteiger partial charge in [-0.1, -0.05) is 31.0 Å². The number of rotatable bonds is 2. The van der Waals surface area contributed by atoms with Crippen molar-refractivity contribution in [3.63, 3.8) is 0 Å². The van der Waals surface area contributed by atoms with Crippen molar-refractivity contribution in [2.24, 2.45) is 23.7 Å². The molecule has 0 radical (unpaired) electrons. The van der Waals surface area contributed by atoms with Gasteiger partial charge in [-0.25, -0.2) is 13.1 Å². The topological polar surface area (TPSA) is 84.9 Å². The third kappa shape index (κ3) is 6.04. The van der Waals surface area contributed by atoms with E-state index in [-0.39, 0.29) is 11.3 Å². The highest BCUT2D eigenvalue weighted by molar-refractivity contribution is 7.90. The van der Waals surface area contributed by atoms with Crippen LogP contribution < -0.4 is 14.4 Å². The van der Waals surface area contributed by atoms with Crippen molar-refractivity contribution < 1.29 is 22.7 Å². The lowest BCUT2D eigenvalue weighted by Crippen LogP contribution is -2.49. The maximum Gasteiger partial charge on any atom is 0.264 e. The number of anilines is 1. The molecule has 1 fully saturated rings. The molecule has 0 unspecified atom stereocenters. The zero-order valence-corrected chi connectivity index (χ0v) is 27.2. The standard InChI is InChI=1S/C34H45ClN2O5S/c1-22-6-4-7-27(19-41-3)29-12-9-26(29)18-37-20-34(15-5-8-24-16-28(35)11-13-30(24)34)21-42-32-14-10-25(17-31(32)37)33(38)36-43(39,40)23(22)2/h10-11,13-14,16-17,22-23,26-27,29H,4-9,12,15,18-21H2,1-3H3,(H,36,38)/t22-,23+,26-,27-,29+,34-/m0/s1. The van der Waals surface area contributed by atoms with Gasteiger partial charge in [0.15, 0.2) is 0 Å². The summed E-state index contributed by atoms with van der Waals surface area (Å²) in [6.45, 7) is 6.58. The summed E-state index contributed by atoms with van der Waals surface area (Å²) in [7, 11) is -2.06. The lowest BCUT2D eigenvalue weighted by atomic mass is 9.65. The molecule has 0 saturated heterocycles. The Kier molecular flexibility index (Phi) is 8.75. The van der Waals surface area contributed by atoms with Gasteiger partial charge >= 0.3 is 0 Å². The molecule has 9 heteroatoms. The van der Waals surface area contributed by atoms with E-state index in [4.69, 9.17) is 21.1 Å². The van der Waals surface area contributed by atoms with Gasteiger partial charge in [-0.15, -0.1) is 0 Å². The molecule has 1 amide bonds. The molecule has 2 aliphatic heterocycles. The summed E-state index contributed by atoms with van der Waals surface area (Å²) in [5, 5.41) is 0.0801. The fraction of sp³-hybridized carbons (Fsp3) is 0.618. The summed E-state index contributed by atoms with van der Waals surface area (Å²) in [5.74, 6) is 1.59. The van der Waals surface area contributed by atoms with Crippen molar-refractivity contribution in [2.45, 2.75) is 75.9 Å². The molecule has 2 aromatic carbocycles. The van der Waals surface area contributed by atoms with Crippen LogP contribution in [-0.4, -0.2) is 53.0 Å². The van der Waals surface area contributed by atoms with E-state index >= 15 is 0 Å². The summed E-state index contributed by atoms with van der Waals surface area (Å²) < 4.78 is 41.3. The highest BCUT2D eigenvalue weighted by Gasteiger charge is 2.44. The van der Waals surface area contributed by atoms with Gasteiger partial charge in [0.1, 0.15) is 5.75 Å². The first kappa shape index (κ1) is 30.7. The van der Waals surface area contributed by atoms with Crippen LogP contribution in [0.5, 0.6) is 5.75 Å². The third-order valence-corrected chi connectivity index (χ3v) is 13.1. The van der Waals surface area contributed by atoms with Crippen LogP contribution >= 0.6 is 11.6 Å². The number of sulfonamides is 1. The van der Waals surface area contributed by atoms with E-state index in [1.54, 1.807) is 20.1 Å². The first-order chi connectivity index (χ1) is 20.6. The summed E-state index contributed by atoms with van der Waals surface area (Å²) >= 11 is 6.42. The van der Waals surface area contributed by atoms with E-state index in [1.807, 2.05) is 25.1 Å². The number of amides is 1. The maximum absolute atomic E-state index is 13.4. The molecule has 4 aliphatic rings. The Morgan fingerprint density at radius 1 is 1.09 bits per heavy atom. The third-order valence-electron chi connectivity index (χ3n) is 11.0. The largest absolute Gasteiger partial charge is 0.490 e. The summed E-state index contributed by atoms with van der Waals surface area (Å²) in [6.07, 6.45) is 8.18. The number of aryl methyl sites for hydroxylation is 1. The molecule has 2 heterocycles. The minimum Gasteiger partial charge on any atom is -0.490 e. The Bertz CT molecular complexity index is 1460. The highest BCUT2D eigenvalue weighted by Crippen LogP contribution is 2.48. The van der Waals surface area contributed by atoms with E-state index in [0.717, 1.165) is 74.7 Å². The number of halogens is 1. The van der Waals surface area contributed by atoms with Crippen molar-refractivity contribution in [3.8, 4) is 5.75 Å². The average molecular weight is 629 g/mol. The van der Waals surface area contributed by atoms with E-state index in [2.05, 4.69) is 21.8 Å². The van der Waals surface area contributed by atoms with Gasteiger partial charge in [0.05, 0.1) is 17.5 Å². The molecule has 1 saturated carbocycles. The van der Waals surface area contributed by atoms with E-state index in [1.165, 1.54) is 24.0 Å². The number of carbonyl (C=O) groups excluding carboxylic acids is 1. The minimum absolute atomic E-state index is 0.0704. The number of hydrogen-bond acceptors (Lipinski definition) is 6. The Labute approximate surface area is 261 Å². The molecule has 2 aromatic rings. The first-order valence-electron chi connectivity index (χ1n) is 16.0. The number of fused-ring (bicyclic) bond motifs is 4. The van der Waals surface area contributed by atoms with Gasteiger partial charge < -0.3 is 14.4 Å². The Hall–Kier alpha value is -2.29. The normalized spacial score (nSPS) is 32.4. The second kappa shape index (κ2) is 12.2. The lowest BCUT2D eigenvalue weighted by molar-refractivity contribution is 0.0383. The predicted octanol–water partition coefficient (Wildman–Crippen LogP) is 6.37. The molecule has 234 valence electrons. The van der Waals surface area contributed by atoms with Crippen LogP contribution in [0, 0.1) is 23.7 Å². The number of carbonyl (C=O) groups is 1. The van der Waals surface area contributed by atoms with Crippen LogP contribution in [0.25, 0.3) is 0 Å². The fourth-order valence-electron chi connectivity index (χ4n) is 8.14. The van der Waals surface area contributed by atoms with Crippen molar-refractivity contribution in [3.05, 3.63) is 58.1 Å². The average Bonchev–Trinajstić information content (AvgIpc) is 3.11. The quantitative estimate of drug-likeness (QED) is 0.416. The molecular weight excluding hydrogens is 584 g/mol. The van der Waals surface area contributed by atoms with Crippen LogP contribution in [0.1, 0.15) is 80.3 Å². The summed E-state index contributed by atoms with van der Waals surface area (Å²) in [5.41, 5.74) is 3.58. The molecule has 43 heavy (non-hydrogen) atoms. The molecule has 0 aromatic heterocycles. The number of nitrogens with zero attached hydrogens (tertiary/aromatic N) is 1. The Balaban J connectivity index is 1.41. The zero-order valence-electron chi connectivity index (χ0n) is 25.6. The van der Waals surface area contributed by atoms with Gasteiger partial charge in [0.2, 0.25) is 10.0 Å². The zero-order chi connectivity index (χ0) is 30.4. The summed E-state index contributed by atoms with van der Waals surface area (Å²) in [4.78, 5) is 15.8. The molecule has 1 spiro atoms. The fourth-order valence-corrected chi connectivity index (χ4v) is 9.64. The van der Waals surface area contributed by atoms with Gasteiger partial charge in [-0.2, -0.15) is 0 Å². The SMILES string of the molecule is COC[C@@H]1CCC[C@H](C)[C@@H](C)S(=O)(=O)NC(=O)c2ccc3c(c2)N(C[C@@H]2CC[C@@H]12)C[C@@]1(CCCc2cc(Cl)ccc21)CO3. The van der Waals surface area contributed by atoms with Crippen LogP contribution in [-0.2, 0) is 26.6 Å². The molecule has 2 bridgehead atoms. The van der Waals surface area contributed by atoms with Gasteiger partial charge in [-0.3, -0.25) is 4.79 Å². The summed E-state index contributed by atoms with van der Waals surface area (Å²) in [6, 6.07) is 11.6. The van der Waals surface area contributed by atoms with Crippen molar-refractivity contribution >= 4 is 33.2 Å². The molecular formula is C34H45ClN2O5S. The van der Waals surface area contributed by atoms with E-state index in [9.17, 15) is 13.2 Å². The van der Waals surface area contributed by atoms with Crippen molar-refractivity contribution in [2.75, 3.05) is 38.3 Å². The second-order valence-electron chi connectivity index (χ2n) is 13.6. The molecule has 6 atom stereocenters. The number of hydrogen-bond donors (Lipinski definition) is 1. The van der Waals surface area contributed by atoms with Crippen LogP contribution in [0.4, 0.5) is 5.69 Å². The monoisotopic (exact) mass is 628 g/mol. The highest BCUT2D eigenvalue weighted by atomic mass is 35.5. The van der Waals surface area contributed by atoms with Gasteiger partial charge in [0.25, 0.3) is 5.91 Å². The molecule has 2 aliphatic carbocycles. The number of ether oxygens (including phenoxy) is 2. The first-order valence-corrected chi connectivity index (χ1v) is 17.9. The van der Waals surface area contributed by atoms with Crippen LogP contribution in [0.3, 0.4) is 0 Å². The number of nitrogens with one attached hydrogen (secondary N) is 1. The predicted molar refractivity (Wildman–Crippen MR) is 171 cm³/mol. The number of methoxy groups -OCH3 is 1. The Morgan fingerprint density at radius 3 is 2.70 bits per heavy atom. The van der Waals surface area contributed by atoms with Gasteiger partial charge in [-0.05, 0) is 117 Å². The second-order valence-corrected chi connectivity index (χ2v) is 16.1. The molecule has 1 N–H and O–H groups in total. The smallest absolute Gasteiger partial charge is 0.264 e. The van der Waals surface area contributed by atoms with Crippen molar-refractivity contribution in [1.82, 2.24) is 4.72 Å².